The molecule has 2 amide bonds. The first-order valence-corrected chi connectivity index (χ1v) is 7.51. The summed E-state index contributed by atoms with van der Waals surface area (Å²) >= 11 is 0. The van der Waals surface area contributed by atoms with Crippen molar-refractivity contribution in [2.45, 2.75) is 12.7 Å². The molecule has 0 radical (unpaired) electrons. The number of hydrogen-bond acceptors (Lipinski definition) is 5. The fraction of sp³-hybridized carbons (Fsp3) is 0.125. The van der Waals surface area contributed by atoms with E-state index in [1.807, 2.05) is 0 Å². The van der Waals surface area contributed by atoms with E-state index in [1.54, 1.807) is 0 Å². The van der Waals surface area contributed by atoms with Gasteiger partial charge in [-0.3, -0.25) is 9.59 Å². The van der Waals surface area contributed by atoms with Gasteiger partial charge in [-0.05, 0) is 24.3 Å². The molecule has 0 aliphatic rings. The Hall–Kier alpha value is -3.63. The van der Waals surface area contributed by atoms with Gasteiger partial charge in [0.05, 0.1) is 12.2 Å². The smallest absolute Gasteiger partial charge is 0.364 e. The number of benzene rings is 1. The second-order valence-corrected chi connectivity index (χ2v) is 5.42. The maximum Gasteiger partial charge on any atom is 0.435 e. The Labute approximate surface area is 149 Å². The lowest BCUT2D eigenvalue weighted by molar-refractivity contribution is -0.141. The quantitative estimate of drug-likeness (QED) is 0.702. The zero-order chi connectivity index (χ0) is 19.6. The molecule has 0 unspecified atom stereocenters. The van der Waals surface area contributed by atoms with E-state index in [0.29, 0.717) is 0 Å². The number of carbonyl (C=O) groups excluding carboxylic acids is 2. The van der Waals surface area contributed by atoms with Crippen molar-refractivity contribution in [3.8, 4) is 5.69 Å². The zero-order valence-corrected chi connectivity index (χ0v) is 13.5. The molecule has 8 nitrogen and oxygen atoms in total. The van der Waals surface area contributed by atoms with E-state index in [2.05, 4.69) is 15.6 Å². The second-order valence-electron chi connectivity index (χ2n) is 5.42. The average molecular weight is 379 g/mol. The van der Waals surface area contributed by atoms with Gasteiger partial charge < -0.3 is 15.6 Å². The lowest BCUT2D eigenvalue weighted by Gasteiger charge is -2.06. The lowest BCUT2D eigenvalue weighted by atomic mass is 10.2. The Morgan fingerprint density at radius 3 is 2.63 bits per heavy atom. The van der Waals surface area contributed by atoms with Crippen LogP contribution in [0.3, 0.4) is 0 Å². The number of nitrogens with zero attached hydrogens (tertiary/aromatic N) is 3. The maximum atomic E-state index is 12.7. The Morgan fingerprint density at radius 1 is 1.22 bits per heavy atom. The molecular weight excluding hydrogens is 367 g/mol. The number of carbonyl (C=O) groups is 2. The monoisotopic (exact) mass is 379 g/mol. The molecule has 0 saturated carbocycles. The number of nitrogens with two attached hydrogens (primary N) is 1. The molecule has 11 heteroatoms. The molecule has 27 heavy (non-hydrogen) atoms. The third-order valence-corrected chi connectivity index (χ3v) is 3.49. The minimum absolute atomic E-state index is 0.0522. The molecular formula is C16H12F3N5O3. The Morgan fingerprint density at radius 2 is 2.00 bits per heavy atom. The van der Waals surface area contributed by atoms with Crippen molar-refractivity contribution in [3.63, 3.8) is 0 Å². The van der Waals surface area contributed by atoms with Crippen LogP contribution in [0.15, 0.2) is 47.1 Å². The predicted octanol–water partition coefficient (Wildman–Crippen LogP) is 1.91. The number of halogens is 3. The topological polar surface area (TPSA) is 116 Å². The van der Waals surface area contributed by atoms with E-state index in [1.165, 1.54) is 30.3 Å². The summed E-state index contributed by atoms with van der Waals surface area (Å²) in [6, 6.07) is 8.03. The largest absolute Gasteiger partial charge is 0.435 e. The van der Waals surface area contributed by atoms with E-state index in [-0.39, 0.29) is 29.2 Å². The van der Waals surface area contributed by atoms with Gasteiger partial charge in [0.25, 0.3) is 11.8 Å². The number of hydrogen-bond donors (Lipinski definition) is 2. The lowest BCUT2D eigenvalue weighted by Crippen LogP contribution is -2.22. The standard InChI is InChI=1S/C16H12F3N5O3/c17-16(18,19)13-4-5-24(22-13)10-3-1-2-9(6-10)15(26)21-8-11-7-12(14(20)25)23-27-11/h1-7H,8H2,(H2,20,25)(H,21,26). The van der Waals surface area contributed by atoms with Gasteiger partial charge in [-0.25, -0.2) is 4.68 Å². The van der Waals surface area contributed by atoms with Crippen molar-refractivity contribution < 1.29 is 27.3 Å². The van der Waals surface area contributed by atoms with Crippen LogP contribution in [0.4, 0.5) is 13.2 Å². The molecule has 3 rings (SSSR count). The molecule has 0 spiro atoms. The van der Waals surface area contributed by atoms with Gasteiger partial charge in [-0.2, -0.15) is 18.3 Å². The van der Waals surface area contributed by atoms with Crippen LogP contribution in [0, 0.1) is 0 Å². The van der Waals surface area contributed by atoms with Gasteiger partial charge in [0, 0.05) is 17.8 Å². The molecule has 3 N–H and O–H groups in total. The van der Waals surface area contributed by atoms with Crippen LogP contribution in [0.25, 0.3) is 5.69 Å². The summed E-state index contributed by atoms with van der Waals surface area (Å²) in [5, 5.41) is 9.44. The predicted molar refractivity (Wildman–Crippen MR) is 84.8 cm³/mol. The number of aromatic nitrogens is 3. The average Bonchev–Trinajstić information content (AvgIpc) is 3.29. The normalized spacial score (nSPS) is 11.4. The molecule has 2 aromatic heterocycles. The van der Waals surface area contributed by atoms with Crippen molar-refractivity contribution in [1.82, 2.24) is 20.3 Å². The molecule has 0 bridgehead atoms. The SMILES string of the molecule is NC(=O)c1cc(CNC(=O)c2cccc(-n3ccc(C(F)(F)F)n3)c2)on1. The van der Waals surface area contributed by atoms with Gasteiger partial charge >= 0.3 is 6.18 Å². The van der Waals surface area contributed by atoms with Crippen molar-refractivity contribution >= 4 is 11.8 Å². The highest BCUT2D eigenvalue weighted by Gasteiger charge is 2.33. The van der Waals surface area contributed by atoms with Crippen LogP contribution in [0.5, 0.6) is 0 Å². The van der Waals surface area contributed by atoms with Gasteiger partial charge in [0.15, 0.2) is 17.1 Å². The van der Waals surface area contributed by atoms with Crippen LogP contribution in [-0.2, 0) is 12.7 Å². The fourth-order valence-corrected chi connectivity index (χ4v) is 2.19. The number of primary amides is 1. The van der Waals surface area contributed by atoms with E-state index < -0.39 is 23.7 Å². The highest BCUT2D eigenvalue weighted by atomic mass is 19.4. The first kappa shape index (κ1) is 18.2. The summed E-state index contributed by atoms with van der Waals surface area (Å²) in [6.07, 6.45) is -3.40. The number of nitrogens with one attached hydrogen (secondary N) is 1. The third-order valence-electron chi connectivity index (χ3n) is 3.49. The highest BCUT2D eigenvalue weighted by Crippen LogP contribution is 2.27. The number of rotatable bonds is 5. The molecule has 0 fully saturated rings. The first-order valence-electron chi connectivity index (χ1n) is 7.51. The van der Waals surface area contributed by atoms with Gasteiger partial charge in [0.1, 0.15) is 0 Å². The summed E-state index contributed by atoms with van der Waals surface area (Å²) in [4.78, 5) is 23.2. The van der Waals surface area contributed by atoms with Gasteiger partial charge in [-0.15, -0.1) is 0 Å². The van der Waals surface area contributed by atoms with E-state index in [9.17, 15) is 22.8 Å². The fourth-order valence-electron chi connectivity index (χ4n) is 2.19. The summed E-state index contributed by atoms with van der Waals surface area (Å²) < 4.78 is 43.8. The minimum Gasteiger partial charge on any atom is -0.364 e. The van der Waals surface area contributed by atoms with Crippen LogP contribution >= 0.6 is 0 Å². The number of amides is 2. The summed E-state index contributed by atoms with van der Waals surface area (Å²) in [5.74, 6) is -1.05. The van der Waals surface area contributed by atoms with Crippen molar-refractivity contribution in [2.24, 2.45) is 5.73 Å². The minimum atomic E-state index is -4.55. The van der Waals surface area contributed by atoms with Gasteiger partial charge in [-0.1, -0.05) is 11.2 Å². The Balaban J connectivity index is 1.71. The van der Waals surface area contributed by atoms with E-state index >= 15 is 0 Å². The summed E-state index contributed by atoms with van der Waals surface area (Å²) in [6.45, 7) is -0.0522. The summed E-state index contributed by atoms with van der Waals surface area (Å²) in [7, 11) is 0. The van der Waals surface area contributed by atoms with Crippen molar-refractivity contribution in [1.29, 1.82) is 0 Å². The van der Waals surface area contributed by atoms with Crippen LogP contribution in [0.2, 0.25) is 0 Å². The van der Waals surface area contributed by atoms with Gasteiger partial charge in [0.2, 0.25) is 0 Å². The van der Waals surface area contributed by atoms with E-state index in [4.69, 9.17) is 10.3 Å². The Bertz CT molecular complexity index is 993. The molecule has 140 valence electrons. The molecule has 2 heterocycles. The molecule has 0 saturated heterocycles. The number of alkyl halides is 3. The van der Waals surface area contributed by atoms with Crippen molar-refractivity contribution in [3.05, 3.63) is 65.3 Å². The molecule has 0 aliphatic carbocycles. The zero-order valence-electron chi connectivity index (χ0n) is 13.5. The van der Waals surface area contributed by atoms with Crippen LogP contribution in [-0.4, -0.2) is 26.8 Å². The summed E-state index contributed by atoms with van der Waals surface area (Å²) in [5.41, 5.74) is 4.43. The van der Waals surface area contributed by atoms with Crippen LogP contribution < -0.4 is 11.1 Å². The first-order chi connectivity index (χ1) is 12.7. The van der Waals surface area contributed by atoms with E-state index in [0.717, 1.165) is 16.9 Å². The van der Waals surface area contributed by atoms with Crippen LogP contribution in [0.1, 0.15) is 32.3 Å². The second kappa shape index (κ2) is 6.94. The van der Waals surface area contributed by atoms with Crippen molar-refractivity contribution in [2.75, 3.05) is 0 Å². The molecule has 3 aromatic rings. The third kappa shape index (κ3) is 4.14. The molecule has 1 aromatic carbocycles. The Kier molecular flexibility index (Phi) is 4.67. The highest BCUT2D eigenvalue weighted by molar-refractivity contribution is 5.94. The maximum absolute atomic E-state index is 12.7. The molecule has 0 aliphatic heterocycles. The molecule has 0 atom stereocenters.